The fraction of sp³-hybridized carbons (Fsp3) is 0.800. The van der Waals surface area contributed by atoms with Crippen molar-refractivity contribution < 1.29 is 19.1 Å². The lowest BCUT2D eigenvalue weighted by Gasteiger charge is -2.06. The van der Waals surface area contributed by atoms with Crippen LogP contribution < -0.4 is 5.32 Å². The van der Waals surface area contributed by atoms with E-state index >= 15 is 0 Å². The summed E-state index contributed by atoms with van der Waals surface area (Å²) >= 11 is 0. The lowest BCUT2D eigenvalue weighted by Crippen LogP contribution is -2.20. The van der Waals surface area contributed by atoms with E-state index in [1.165, 1.54) is 0 Å². The number of hydrogen-bond donors (Lipinski definition) is 1. The Morgan fingerprint density at radius 3 is 2.53 bits per heavy atom. The summed E-state index contributed by atoms with van der Waals surface area (Å²) in [5, 5.41) is 2.47. The van der Waals surface area contributed by atoms with Crippen LogP contribution in [0.2, 0.25) is 0 Å². The van der Waals surface area contributed by atoms with Gasteiger partial charge in [-0.3, -0.25) is 9.59 Å². The van der Waals surface area contributed by atoms with E-state index in [0.29, 0.717) is 32.8 Å². The molecule has 0 rings (SSSR count). The molecule has 0 saturated heterocycles. The Hall–Kier alpha value is -0.940. The summed E-state index contributed by atoms with van der Waals surface area (Å²) < 4.78 is 10.2. The van der Waals surface area contributed by atoms with Crippen molar-refractivity contribution in [3.8, 4) is 0 Å². The van der Waals surface area contributed by atoms with Crippen LogP contribution in [0.25, 0.3) is 0 Å². The Kier molecular flexibility index (Phi) is 9.01. The van der Waals surface area contributed by atoms with E-state index in [-0.39, 0.29) is 18.3 Å². The molecule has 0 radical (unpaired) electrons. The van der Waals surface area contributed by atoms with E-state index in [4.69, 9.17) is 9.47 Å². The molecule has 0 aromatic heterocycles. The number of Topliss-reactive ketones (excluding diaryl/α,β-unsaturated/α-hetero) is 1. The maximum atomic E-state index is 11.1. The molecule has 0 bridgehead atoms. The first-order chi connectivity index (χ1) is 7.18. The van der Waals surface area contributed by atoms with Gasteiger partial charge in [0.05, 0.1) is 19.8 Å². The van der Waals surface area contributed by atoms with Crippen LogP contribution in [0, 0.1) is 5.92 Å². The first-order valence-electron chi connectivity index (χ1n) is 5.03. The average Bonchev–Trinajstić information content (AvgIpc) is 2.21. The van der Waals surface area contributed by atoms with Crippen molar-refractivity contribution in [1.82, 2.24) is 5.32 Å². The number of hydrogen-bond acceptors (Lipinski definition) is 4. The van der Waals surface area contributed by atoms with Gasteiger partial charge in [0.25, 0.3) is 0 Å². The van der Waals surface area contributed by atoms with Gasteiger partial charge in [0.2, 0.25) is 6.41 Å². The van der Waals surface area contributed by atoms with E-state index in [9.17, 15) is 9.59 Å². The van der Waals surface area contributed by atoms with Crippen molar-refractivity contribution in [2.45, 2.75) is 13.8 Å². The number of rotatable bonds is 10. The molecule has 5 nitrogen and oxygen atoms in total. The van der Waals surface area contributed by atoms with Gasteiger partial charge in [-0.25, -0.2) is 0 Å². The molecule has 0 unspecified atom stereocenters. The number of amides is 1. The first kappa shape index (κ1) is 14.1. The Labute approximate surface area is 90.1 Å². The van der Waals surface area contributed by atoms with Crippen LogP contribution in [0.5, 0.6) is 0 Å². The van der Waals surface area contributed by atoms with Gasteiger partial charge in [-0.05, 0) is 0 Å². The van der Waals surface area contributed by atoms with Gasteiger partial charge < -0.3 is 14.8 Å². The van der Waals surface area contributed by atoms with Crippen molar-refractivity contribution >= 4 is 12.2 Å². The molecule has 0 atom stereocenters. The quantitative estimate of drug-likeness (QED) is 0.413. The predicted molar refractivity (Wildman–Crippen MR) is 55.5 cm³/mol. The second kappa shape index (κ2) is 9.61. The van der Waals surface area contributed by atoms with Crippen LogP contribution in [0.3, 0.4) is 0 Å². The third-order valence-corrected chi connectivity index (χ3v) is 1.73. The minimum atomic E-state index is 0.0164. The molecule has 0 fully saturated rings. The van der Waals surface area contributed by atoms with Crippen LogP contribution in [-0.2, 0) is 19.1 Å². The Balaban J connectivity index is 3.11. The summed E-state index contributed by atoms with van der Waals surface area (Å²) in [7, 11) is 0. The van der Waals surface area contributed by atoms with Gasteiger partial charge in [0.15, 0.2) is 5.78 Å². The van der Waals surface area contributed by atoms with Crippen molar-refractivity contribution in [1.29, 1.82) is 0 Å². The van der Waals surface area contributed by atoms with Crippen LogP contribution in [0.4, 0.5) is 0 Å². The average molecular weight is 217 g/mol. The summed E-state index contributed by atoms with van der Waals surface area (Å²) in [4.78, 5) is 21.0. The maximum Gasteiger partial charge on any atom is 0.207 e. The number of carbonyl (C=O) groups is 2. The van der Waals surface area contributed by atoms with Gasteiger partial charge in [-0.15, -0.1) is 0 Å². The molecule has 0 aliphatic rings. The molecule has 0 saturated carbocycles. The molecule has 1 N–H and O–H groups in total. The zero-order valence-corrected chi connectivity index (χ0v) is 9.32. The Morgan fingerprint density at radius 1 is 1.27 bits per heavy atom. The topological polar surface area (TPSA) is 64.6 Å². The standard InChI is InChI=1S/C10H19NO4/c1-9(2)10(13)7-15-6-5-14-4-3-11-8-12/h8-9H,3-7H2,1-2H3,(H,11,12). The third kappa shape index (κ3) is 9.37. The van der Waals surface area contributed by atoms with Crippen LogP contribution >= 0.6 is 0 Å². The molecule has 0 spiro atoms. The molecule has 0 aromatic rings. The van der Waals surface area contributed by atoms with E-state index in [1.807, 2.05) is 13.8 Å². The van der Waals surface area contributed by atoms with Gasteiger partial charge in [0.1, 0.15) is 6.61 Å². The zero-order chi connectivity index (χ0) is 11.5. The monoisotopic (exact) mass is 217 g/mol. The normalized spacial score (nSPS) is 10.3. The second-order valence-electron chi connectivity index (χ2n) is 3.36. The maximum absolute atomic E-state index is 11.1. The Morgan fingerprint density at radius 2 is 1.93 bits per heavy atom. The van der Waals surface area contributed by atoms with Crippen LogP contribution in [0.1, 0.15) is 13.8 Å². The minimum Gasteiger partial charge on any atom is -0.377 e. The zero-order valence-electron chi connectivity index (χ0n) is 9.32. The van der Waals surface area contributed by atoms with Gasteiger partial charge in [-0.2, -0.15) is 0 Å². The highest BCUT2D eigenvalue weighted by Crippen LogP contribution is 1.94. The van der Waals surface area contributed by atoms with Crippen molar-refractivity contribution in [3.05, 3.63) is 0 Å². The second-order valence-corrected chi connectivity index (χ2v) is 3.36. The number of carbonyl (C=O) groups excluding carboxylic acids is 2. The summed E-state index contributed by atoms with van der Waals surface area (Å²) in [5.74, 6) is 0.111. The molecular weight excluding hydrogens is 198 g/mol. The highest BCUT2D eigenvalue weighted by atomic mass is 16.5. The summed E-state index contributed by atoms with van der Waals surface area (Å²) in [5.41, 5.74) is 0. The van der Waals surface area contributed by atoms with Crippen LogP contribution in [-0.4, -0.2) is 45.2 Å². The van der Waals surface area contributed by atoms with Gasteiger partial charge in [0, 0.05) is 12.5 Å². The SMILES string of the molecule is CC(C)C(=O)COCCOCCNC=O. The molecule has 0 aromatic carbocycles. The third-order valence-electron chi connectivity index (χ3n) is 1.73. The molecule has 0 heterocycles. The highest BCUT2D eigenvalue weighted by molar-refractivity contribution is 5.81. The van der Waals surface area contributed by atoms with E-state index in [2.05, 4.69) is 5.32 Å². The largest absolute Gasteiger partial charge is 0.377 e. The molecule has 88 valence electrons. The molecule has 0 aliphatic carbocycles. The number of ketones is 1. The number of ether oxygens (including phenoxy) is 2. The summed E-state index contributed by atoms with van der Waals surface area (Å²) in [6, 6.07) is 0. The predicted octanol–water partition coefficient (Wildman–Crippen LogP) is -0.00930. The van der Waals surface area contributed by atoms with Gasteiger partial charge in [-0.1, -0.05) is 13.8 Å². The summed E-state index contributed by atoms with van der Waals surface area (Å²) in [6.45, 7) is 5.62. The van der Waals surface area contributed by atoms with Gasteiger partial charge >= 0.3 is 0 Å². The molecule has 15 heavy (non-hydrogen) atoms. The fourth-order valence-electron chi connectivity index (χ4n) is 0.749. The minimum absolute atomic E-state index is 0.0164. The lowest BCUT2D eigenvalue weighted by atomic mass is 10.1. The highest BCUT2D eigenvalue weighted by Gasteiger charge is 2.06. The van der Waals surface area contributed by atoms with Crippen LogP contribution in [0.15, 0.2) is 0 Å². The number of nitrogens with one attached hydrogen (secondary N) is 1. The van der Waals surface area contributed by atoms with E-state index < -0.39 is 0 Å². The fourth-order valence-corrected chi connectivity index (χ4v) is 0.749. The molecule has 5 heteroatoms. The van der Waals surface area contributed by atoms with Crippen molar-refractivity contribution in [3.63, 3.8) is 0 Å². The first-order valence-corrected chi connectivity index (χ1v) is 5.03. The Bertz CT molecular complexity index is 182. The van der Waals surface area contributed by atoms with Crippen molar-refractivity contribution in [2.75, 3.05) is 33.0 Å². The smallest absolute Gasteiger partial charge is 0.207 e. The summed E-state index contributed by atoms with van der Waals surface area (Å²) in [6.07, 6.45) is 0.626. The molecule has 0 aliphatic heterocycles. The van der Waals surface area contributed by atoms with E-state index in [0.717, 1.165) is 0 Å². The van der Waals surface area contributed by atoms with E-state index in [1.54, 1.807) is 0 Å². The molecular formula is C10H19NO4. The lowest BCUT2D eigenvalue weighted by molar-refractivity contribution is -0.127. The molecule has 1 amide bonds. The van der Waals surface area contributed by atoms with Crippen molar-refractivity contribution in [2.24, 2.45) is 5.92 Å².